The fraction of sp³-hybridized carbons (Fsp3) is 0.424. The number of carbonyl (C=O) groups excluding carboxylic acids is 1. The molecule has 5 nitrogen and oxygen atoms in total. The lowest BCUT2D eigenvalue weighted by Gasteiger charge is -2.44. The van der Waals surface area contributed by atoms with Crippen molar-refractivity contribution in [3.05, 3.63) is 95.3 Å². The second-order valence-corrected chi connectivity index (χ2v) is 11.2. The summed E-state index contributed by atoms with van der Waals surface area (Å²) >= 11 is 0. The molecular formula is C33H38FNO4. The SMILES string of the molecule is CC1(C)Oc2ccc(NCc3ccc(F)cc3)cc2C(OCCc2ccccc2)C1OC(=O)C1CCCCC1. The maximum atomic E-state index is 13.3. The molecule has 3 aromatic rings. The van der Waals surface area contributed by atoms with Crippen molar-refractivity contribution >= 4 is 11.7 Å². The van der Waals surface area contributed by atoms with Crippen molar-refractivity contribution in [2.75, 3.05) is 11.9 Å². The quantitative estimate of drug-likeness (QED) is 0.292. The highest BCUT2D eigenvalue weighted by Gasteiger charge is 2.48. The lowest BCUT2D eigenvalue weighted by Crippen LogP contribution is -2.52. The Bertz CT molecular complexity index is 1240. The largest absolute Gasteiger partial charge is 0.483 e. The molecule has 0 amide bonds. The van der Waals surface area contributed by atoms with Gasteiger partial charge in [-0.15, -0.1) is 0 Å². The maximum Gasteiger partial charge on any atom is 0.309 e. The number of halogens is 1. The van der Waals surface area contributed by atoms with E-state index < -0.39 is 17.8 Å². The molecule has 1 N–H and O–H groups in total. The van der Waals surface area contributed by atoms with Crippen LogP contribution < -0.4 is 10.1 Å². The number of nitrogens with one attached hydrogen (secondary N) is 1. The van der Waals surface area contributed by atoms with Gasteiger partial charge in [0.25, 0.3) is 0 Å². The number of esters is 1. The number of anilines is 1. The van der Waals surface area contributed by atoms with Crippen molar-refractivity contribution in [1.29, 1.82) is 0 Å². The normalized spacial score (nSPS) is 20.5. The van der Waals surface area contributed by atoms with Gasteiger partial charge in [0.1, 0.15) is 23.3 Å². The monoisotopic (exact) mass is 531 g/mol. The summed E-state index contributed by atoms with van der Waals surface area (Å²) in [7, 11) is 0. The molecule has 1 saturated carbocycles. The Morgan fingerprint density at radius 2 is 1.72 bits per heavy atom. The standard InChI is InChI=1S/C33H38FNO4/c1-33(2)31(38-32(36)25-11-7-4-8-12-25)30(37-20-19-23-9-5-3-6-10-23)28-21-27(17-18-29(28)39-33)35-22-24-13-15-26(34)16-14-24/h3,5-6,9-10,13-18,21,25,30-31,35H,4,7-8,11-12,19-20,22H2,1-2H3. The lowest BCUT2D eigenvalue weighted by molar-refractivity contribution is -0.189. The number of rotatable bonds is 9. The summed E-state index contributed by atoms with van der Waals surface area (Å²) in [6.07, 6.45) is 4.73. The van der Waals surface area contributed by atoms with Crippen molar-refractivity contribution in [2.45, 2.75) is 76.7 Å². The summed E-state index contributed by atoms with van der Waals surface area (Å²) in [4.78, 5) is 13.3. The van der Waals surface area contributed by atoms with Crippen molar-refractivity contribution in [1.82, 2.24) is 0 Å². The second kappa shape index (κ2) is 12.2. The first-order valence-electron chi connectivity index (χ1n) is 14.1. The smallest absolute Gasteiger partial charge is 0.309 e. The van der Waals surface area contributed by atoms with Crippen LogP contribution in [-0.4, -0.2) is 24.3 Å². The topological polar surface area (TPSA) is 56.8 Å². The summed E-state index contributed by atoms with van der Waals surface area (Å²) in [6.45, 7) is 4.95. The summed E-state index contributed by atoms with van der Waals surface area (Å²) in [5.74, 6) is 0.255. The Labute approximate surface area is 230 Å². The minimum atomic E-state index is -0.766. The predicted molar refractivity (Wildman–Crippen MR) is 150 cm³/mol. The van der Waals surface area contributed by atoms with E-state index in [1.807, 2.05) is 50.2 Å². The van der Waals surface area contributed by atoms with Gasteiger partial charge >= 0.3 is 5.97 Å². The lowest BCUT2D eigenvalue weighted by atomic mass is 9.86. The van der Waals surface area contributed by atoms with Crippen LogP contribution in [0.2, 0.25) is 0 Å². The first-order valence-corrected chi connectivity index (χ1v) is 14.1. The van der Waals surface area contributed by atoms with Crippen molar-refractivity contribution in [3.8, 4) is 5.75 Å². The van der Waals surface area contributed by atoms with E-state index in [-0.39, 0.29) is 17.7 Å². The Morgan fingerprint density at radius 1 is 0.974 bits per heavy atom. The van der Waals surface area contributed by atoms with Gasteiger partial charge in [-0.05, 0) is 74.6 Å². The van der Waals surface area contributed by atoms with E-state index in [2.05, 4.69) is 17.4 Å². The molecular weight excluding hydrogens is 493 g/mol. The van der Waals surface area contributed by atoms with E-state index in [1.165, 1.54) is 24.1 Å². The average molecular weight is 532 g/mol. The molecule has 206 valence electrons. The predicted octanol–water partition coefficient (Wildman–Crippen LogP) is 7.40. The molecule has 0 aromatic heterocycles. The number of ether oxygens (including phenoxy) is 3. The number of fused-ring (bicyclic) bond motifs is 1. The molecule has 6 heteroatoms. The van der Waals surface area contributed by atoms with E-state index in [0.29, 0.717) is 13.2 Å². The first-order chi connectivity index (χ1) is 18.9. The first kappa shape index (κ1) is 27.2. The molecule has 0 radical (unpaired) electrons. The molecule has 1 fully saturated rings. The van der Waals surface area contributed by atoms with E-state index in [1.54, 1.807) is 12.1 Å². The minimum absolute atomic E-state index is 0.0652. The highest BCUT2D eigenvalue weighted by atomic mass is 19.1. The molecule has 5 rings (SSSR count). The second-order valence-electron chi connectivity index (χ2n) is 11.2. The fourth-order valence-electron chi connectivity index (χ4n) is 5.54. The van der Waals surface area contributed by atoms with Crippen LogP contribution in [0.4, 0.5) is 10.1 Å². The molecule has 0 saturated heterocycles. The van der Waals surface area contributed by atoms with Crippen LogP contribution in [0.15, 0.2) is 72.8 Å². The van der Waals surface area contributed by atoms with Gasteiger partial charge in [-0.25, -0.2) is 4.39 Å². The zero-order valence-corrected chi connectivity index (χ0v) is 22.8. The van der Waals surface area contributed by atoms with Gasteiger partial charge in [0, 0.05) is 17.8 Å². The van der Waals surface area contributed by atoms with Crippen LogP contribution in [0, 0.1) is 11.7 Å². The molecule has 1 heterocycles. The van der Waals surface area contributed by atoms with Gasteiger partial charge in [-0.1, -0.05) is 61.7 Å². The van der Waals surface area contributed by atoms with Crippen LogP contribution in [0.1, 0.15) is 68.7 Å². The molecule has 0 spiro atoms. The Morgan fingerprint density at radius 3 is 2.46 bits per heavy atom. The summed E-state index contributed by atoms with van der Waals surface area (Å²) in [5.41, 5.74) is 3.14. The van der Waals surface area contributed by atoms with E-state index in [9.17, 15) is 9.18 Å². The number of hydrogen-bond donors (Lipinski definition) is 1. The molecule has 39 heavy (non-hydrogen) atoms. The highest BCUT2D eigenvalue weighted by Crippen LogP contribution is 2.45. The zero-order valence-electron chi connectivity index (χ0n) is 22.8. The van der Waals surface area contributed by atoms with Gasteiger partial charge in [-0.3, -0.25) is 4.79 Å². The maximum absolute atomic E-state index is 13.3. The van der Waals surface area contributed by atoms with Crippen LogP contribution in [-0.2, 0) is 27.2 Å². The van der Waals surface area contributed by atoms with Crippen LogP contribution >= 0.6 is 0 Å². The van der Waals surface area contributed by atoms with Gasteiger partial charge in [-0.2, -0.15) is 0 Å². The molecule has 2 unspecified atom stereocenters. The van der Waals surface area contributed by atoms with Crippen molar-refractivity contribution in [2.24, 2.45) is 5.92 Å². The highest BCUT2D eigenvalue weighted by molar-refractivity contribution is 5.73. The molecule has 1 aliphatic carbocycles. The molecule has 2 atom stereocenters. The third-order valence-electron chi connectivity index (χ3n) is 7.77. The van der Waals surface area contributed by atoms with Crippen LogP contribution in [0.5, 0.6) is 5.75 Å². The zero-order chi connectivity index (χ0) is 27.2. The number of carbonyl (C=O) groups is 1. The minimum Gasteiger partial charge on any atom is -0.483 e. The summed E-state index contributed by atoms with van der Waals surface area (Å²) in [5, 5.41) is 3.42. The molecule has 0 bridgehead atoms. The Hall–Kier alpha value is -3.38. The van der Waals surface area contributed by atoms with Gasteiger partial charge in [0.05, 0.1) is 12.5 Å². The number of hydrogen-bond acceptors (Lipinski definition) is 5. The van der Waals surface area contributed by atoms with Gasteiger partial charge in [0.2, 0.25) is 0 Å². The Balaban J connectivity index is 1.38. The Kier molecular flexibility index (Phi) is 8.51. The van der Waals surface area contributed by atoms with Crippen molar-refractivity contribution in [3.63, 3.8) is 0 Å². The summed E-state index contributed by atoms with van der Waals surface area (Å²) in [6, 6.07) is 22.6. The molecule has 1 aliphatic heterocycles. The van der Waals surface area contributed by atoms with E-state index >= 15 is 0 Å². The molecule has 2 aliphatic rings. The number of benzene rings is 3. The van der Waals surface area contributed by atoms with E-state index in [4.69, 9.17) is 14.2 Å². The fourth-order valence-corrected chi connectivity index (χ4v) is 5.54. The van der Waals surface area contributed by atoms with Crippen LogP contribution in [0.3, 0.4) is 0 Å². The average Bonchev–Trinajstić information content (AvgIpc) is 2.95. The molecule has 3 aromatic carbocycles. The van der Waals surface area contributed by atoms with Gasteiger partial charge in [0.15, 0.2) is 6.10 Å². The van der Waals surface area contributed by atoms with Gasteiger partial charge < -0.3 is 19.5 Å². The van der Waals surface area contributed by atoms with E-state index in [0.717, 1.165) is 54.7 Å². The third-order valence-corrected chi connectivity index (χ3v) is 7.77. The van der Waals surface area contributed by atoms with Crippen LogP contribution in [0.25, 0.3) is 0 Å². The van der Waals surface area contributed by atoms with Crippen molar-refractivity contribution < 1.29 is 23.4 Å². The third kappa shape index (κ3) is 6.80. The summed E-state index contributed by atoms with van der Waals surface area (Å²) < 4.78 is 32.5.